The fourth-order valence-corrected chi connectivity index (χ4v) is 2.34. The Morgan fingerprint density at radius 3 is 2.81 bits per heavy atom. The number of benzene rings is 1. The third-order valence-corrected chi connectivity index (χ3v) is 3.79. The van der Waals surface area contributed by atoms with Gasteiger partial charge in [0.1, 0.15) is 0 Å². The highest BCUT2D eigenvalue weighted by molar-refractivity contribution is 9.10. The smallest absolute Gasteiger partial charge is 0.232 e. The summed E-state index contributed by atoms with van der Waals surface area (Å²) < 4.78 is 0.950. The summed E-state index contributed by atoms with van der Waals surface area (Å²) in [5.74, 6) is 0.547. The Bertz CT molecular complexity index is 384. The van der Waals surface area contributed by atoms with Crippen LogP contribution in [0.15, 0.2) is 27.6 Å². The fraction of sp³-hybridized carbons (Fsp3) is 0.364. The van der Waals surface area contributed by atoms with Crippen molar-refractivity contribution in [3.8, 4) is 0 Å². The van der Waals surface area contributed by atoms with Gasteiger partial charge in [-0.2, -0.15) is 0 Å². The Labute approximate surface area is 109 Å². The molecule has 88 valence electrons. The maximum absolute atomic E-state index is 11.6. The van der Waals surface area contributed by atoms with Gasteiger partial charge in [0.2, 0.25) is 5.91 Å². The van der Waals surface area contributed by atoms with Gasteiger partial charge < -0.3 is 10.6 Å². The van der Waals surface area contributed by atoms with Crippen LogP contribution in [0.3, 0.4) is 0 Å². The fourth-order valence-electron chi connectivity index (χ4n) is 1.08. The van der Waals surface area contributed by atoms with E-state index in [1.807, 2.05) is 25.1 Å². The van der Waals surface area contributed by atoms with Crippen molar-refractivity contribution in [1.29, 1.82) is 0 Å². The second kappa shape index (κ2) is 6.15. The van der Waals surface area contributed by atoms with Crippen molar-refractivity contribution in [2.24, 2.45) is 0 Å². The van der Waals surface area contributed by atoms with E-state index < -0.39 is 0 Å². The van der Waals surface area contributed by atoms with Crippen molar-refractivity contribution in [2.45, 2.75) is 11.8 Å². The molecule has 2 N–H and O–H groups in total. The zero-order valence-corrected chi connectivity index (χ0v) is 11.8. The van der Waals surface area contributed by atoms with Gasteiger partial charge in [0, 0.05) is 28.6 Å². The Morgan fingerprint density at radius 2 is 2.25 bits per heavy atom. The van der Waals surface area contributed by atoms with E-state index >= 15 is 0 Å². The number of anilines is 1. The van der Waals surface area contributed by atoms with Crippen LogP contribution in [0.25, 0.3) is 0 Å². The van der Waals surface area contributed by atoms with Gasteiger partial charge in [-0.25, -0.2) is 0 Å². The van der Waals surface area contributed by atoms with E-state index in [2.05, 4.69) is 15.9 Å². The summed E-state index contributed by atoms with van der Waals surface area (Å²) in [5.41, 5.74) is 6.54. The molecule has 1 rings (SSSR count). The van der Waals surface area contributed by atoms with Crippen molar-refractivity contribution in [3.63, 3.8) is 0 Å². The quantitative estimate of drug-likeness (QED) is 0.687. The average Bonchev–Trinajstić information content (AvgIpc) is 2.26. The molecule has 0 saturated carbocycles. The maximum Gasteiger partial charge on any atom is 0.232 e. The minimum atomic E-state index is 0.120. The first-order valence-corrected chi connectivity index (χ1v) is 6.74. The molecular weight excluding hydrogens is 288 g/mol. The van der Waals surface area contributed by atoms with Gasteiger partial charge in [0.25, 0.3) is 0 Å². The molecule has 0 aliphatic heterocycles. The number of hydrogen-bond donors (Lipinski definition) is 1. The Morgan fingerprint density at radius 1 is 1.56 bits per heavy atom. The summed E-state index contributed by atoms with van der Waals surface area (Å²) in [6, 6.07) is 5.69. The van der Waals surface area contributed by atoms with Crippen LogP contribution in [0.1, 0.15) is 6.92 Å². The lowest BCUT2D eigenvalue weighted by Gasteiger charge is -2.14. The summed E-state index contributed by atoms with van der Waals surface area (Å²) in [7, 11) is 1.80. The van der Waals surface area contributed by atoms with Gasteiger partial charge in [-0.3, -0.25) is 4.79 Å². The molecule has 0 heterocycles. The van der Waals surface area contributed by atoms with Crippen molar-refractivity contribution < 1.29 is 4.79 Å². The number of thioether (sulfide) groups is 1. The molecule has 0 aliphatic rings. The van der Waals surface area contributed by atoms with E-state index in [0.29, 0.717) is 11.4 Å². The standard InChI is InChI=1S/C11H15BrN2OS/c1-3-14(2)11(15)7-16-10-5-4-8(12)6-9(10)13/h4-6H,3,7,13H2,1-2H3. The predicted octanol–water partition coefficient (Wildman–Crippen LogP) is 2.60. The normalized spacial score (nSPS) is 10.2. The number of amides is 1. The maximum atomic E-state index is 11.6. The molecule has 5 heteroatoms. The van der Waals surface area contributed by atoms with Crippen LogP contribution < -0.4 is 5.73 Å². The number of carbonyl (C=O) groups excluding carboxylic acids is 1. The lowest BCUT2D eigenvalue weighted by molar-refractivity contribution is -0.126. The van der Waals surface area contributed by atoms with Gasteiger partial charge in [-0.05, 0) is 25.1 Å². The Hall–Kier alpha value is -0.680. The molecule has 0 aromatic heterocycles. The van der Waals surface area contributed by atoms with E-state index in [1.165, 1.54) is 11.8 Å². The summed E-state index contributed by atoms with van der Waals surface area (Å²) in [4.78, 5) is 14.2. The summed E-state index contributed by atoms with van der Waals surface area (Å²) in [5, 5.41) is 0. The molecule has 1 amide bonds. The number of rotatable bonds is 4. The highest BCUT2D eigenvalue weighted by atomic mass is 79.9. The van der Waals surface area contributed by atoms with Gasteiger partial charge in [0.05, 0.1) is 5.75 Å². The first-order valence-electron chi connectivity index (χ1n) is 4.96. The van der Waals surface area contributed by atoms with Crippen LogP contribution in [0.5, 0.6) is 0 Å². The van der Waals surface area contributed by atoms with Gasteiger partial charge in [0.15, 0.2) is 0 Å². The van der Waals surface area contributed by atoms with Crippen molar-refractivity contribution in [1.82, 2.24) is 4.90 Å². The lowest BCUT2D eigenvalue weighted by atomic mass is 10.3. The minimum absolute atomic E-state index is 0.120. The summed E-state index contributed by atoms with van der Waals surface area (Å²) in [6.07, 6.45) is 0. The first kappa shape index (κ1) is 13.4. The van der Waals surface area contributed by atoms with Gasteiger partial charge >= 0.3 is 0 Å². The van der Waals surface area contributed by atoms with E-state index in [-0.39, 0.29) is 5.91 Å². The van der Waals surface area contributed by atoms with E-state index in [0.717, 1.165) is 15.9 Å². The highest BCUT2D eigenvalue weighted by Crippen LogP contribution is 2.27. The molecule has 0 unspecified atom stereocenters. The molecule has 0 aliphatic carbocycles. The molecular formula is C11H15BrN2OS. The van der Waals surface area contributed by atoms with Crippen LogP contribution in [0.2, 0.25) is 0 Å². The molecule has 1 aromatic carbocycles. The van der Waals surface area contributed by atoms with Crippen LogP contribution in [-0.2, 0) is 4.79 Å². The zero-order chi connectivity index (χ0) is 12.1. The van der Waals surface area contributed by atoms with Crippen molar-refractivity contribution in [2.75, 3.05) is 25.1 Å². The number of nitrogens with two attached hydrogens (primary N) is 1. The van der Waals surface area contributed by atoms with Crippen molar-refractivity contribution in [3.05, 3.63) is 22.7 Å². The number of hydrogen-bond acceptors (Lipinski definition) is 3. The molecule has 0 fully saturated rings. The van der Waals surface area contributed by atoms with Crippen LogP contribution in [0, 0.1) is 0 Å². The minimum Gasteiger partial charge on any atom is -0.398 e. The SMILES string of the molecule is CCN(C)C(=O)CSc1ccc(Br)cc1N. The third-order valence-electron chi connectivity index (χ3n) is 2.22. The number of nitrogens with zero attached hydrogens (tertiary/aromatic N) is 1. The van der Waals surface area contributed by atoms with Crippen molar-refractivity contribution >= 4 is 39.3 Å². The number of halogens is 1. The highest BCUT2D eigenvalue weighted by Gasteiger charge is 2.08. The topological polar surface area (TPSA) is 46.3 Å². The molecule has 0 bridgehead atoms. The van der Waals surface area contributed by atoms with E-state index in [4.69, 9.17) is 5.73 Å². The summed E-state index contributed by atoms with van der Waals surface area (Å²) in [6.45, 7) is 2.69. The molecule has 3 nitrogen and oxygen atoms in total. The monoisotopic (exact) mass is 302 g/mol. The zero-order valence-electron chi connectivity index (χ0n) is 9.37. The second-order valence-corrected chi connectivity index (χ2v) is 5.31. The predicted molar refractivity (Wildman–Crippen MR) is 72.6 cm³/mol. The lowest BCUT2D eigenvalue weighted by Crippen LogP contribution is -2.27. The second-order valence-electron chi connectivity index (χ2n) is 3.38. The Kier molecular flexibility index (Phi) is 5.15. The molecule has 0 spiro atoms. The average molecular weight is 303 g/mol. The first-order chi connectivity index (χ1) is 7.54. The number of carbonyl (C=O) groups is 1. The van der Waals surface area contributed by atoms with Crippen LogP contribution >= 0.6 is 27.7 Å². The Balaban J connectivity index is 2.58. The molecule has 0 radical (unpaired) electrons. The van der Waals surface area contributed by atoms with Gasteiger partial charge in [-0.1, -0.05) is 15.9 Å². The van der Waals surface area contributed by atoms with Gasteiger partial charge in [-0.15, -0.1) is 11.8 Å². The third kappa shape index (κ3) is 3.72. The van der Waals surface area contributed by atoms with Crippen LogP contribution in [-0.4, -0.2) is 30.2 Å². The molecule has 0 atom stereocenters. The largest absolute Gasteiger partial charge is 0.398 e. The number of nitrogen functional groups attached to an aromatic ring is 1. The summed E-state index contributed by atoms with van der Waals surface area (Å²) >= 11 is 4.82. The molecule has 16 heavy (non-hydrogen) atoms. The van der Waals surface area contributed by atoms with E-state index in [1.54, 1.807) is 11.9 Å². The molecule has 0 saturated heterocycles. The van der Waals surface area contributed by atoms with E-state index in [9.17, 15) is 4.79 Å². The molecule has 1 aromatic rings. The van der Waals surface area contributed by atoms with Crippen LogP contribution in [0.4, 0.5) is 5.69 Å².